The molecule has 0 heterocycles. The van der Waals surface area contributed by atoms with Gasteiger partial charge in [-0.1, -0.05) is 11.8 Å². The Kier molecular flexibility index (Phi) is 5.78. The van der Waals surface area contributed by atoms with Gasteiger partial charge in [0.1, 0.15) is 0 Å². The van der Waals surface area contributed by atoms with Gasteiger partial charge in [0, 0.05) is 23.9 Å². The molecule has 0 aliphatic carbocycles. The third-order valence-electron chi connectivity index (χ3n) is 2.19. The first-order chi connectivity index (χ1) is 9.61. The van der Waals surface area contributed by atoms with Crippen molar-refractivity contribution in [1.82, 2.24) is 0 Å². The lowest BCUT2D eigenvalue weighted by Gasteiger charge is -2.08. The predicted molar refractivity (Wildman–Crippen MR) is 82.0 cm³/mol. The average molecular weight is 331 g/mol. The number of rotatable bonds is 5. The number of nitrogens with one attached hydrogen (secondary N) is 1. The van der Waals surface area contributed by atoms with Crippen molar-refractivity contribution in [3.63, 3.8) is 0 Å². The second-order valence-corrected chi connectivity index (χ2v) is 8.85. The number of sulfonamides is 1. The molecule has 0 saturated heterocycles. The van der Waals surface area contributed by atoms with Crippen molar-refractivity contribution in [1.29, 1.82) is 0 Å². The Hall–Kier alpha value is -1.56. The maximum atomic E-state index is 11.7. The van der Waals surface area contributed by atoms with E-state index in [1.54, 1.807) is 19.1 Å². The summed E-state index contributed by atoms with van der Waals surface area (Å²) in [6.07, 6.45) is 1.18. The van der Waals surface area contributed by atoms with Gasteiger partial charge in [0.2, 0.25) is 10.0 Å². The lowest BCUT2D eigenvalue weighted by molar-refractivity contribution is 0.305. The van der Waals surface area contributed by atoms with Crippen LogP contribution in [0.4, 0.5) is 5.69 Å². The summed E-state index contributed by atoms with van der Waals surface area (Å²) in [6, 6.07) is 4.85. The number of aliphatic hydroxyl groups excluding tert-OH is 1. The average Bonchev–Trinajstić information content (AvgIpc) is 2.23. The van der Waals surface area contributed by atoms with Gasteiger partial charge in [-0.2, -0.15) is 0 Å². The standard InChI is InChI=1S/C13H17NO5S2/c1-11-7-12(5-3-4-6-15)9-13(8-11)14-21(18,19)10-20(2,16)17/h7-9,14-15H,4,6,10H2,1-2H3. The first-order valence-electron chi connectivity index (χ1n) is 6.01. The quantitative estimate of drug-likeness (QED) is 0.764. The molecule has 6 nitrogen and oxygen atoms in total. The zero-order valence-electron chi connectivity index (χ0n) is 11.8. The normalized spacial score (nSPS) is 11.6. The van der Waals surface area contributed by atoms with E-state index in [0.717, 1.165) is 11.8 Å². The Morgan fingerprint density at radius 1 is 1.19 bits per heavy atom. The topological polar surface area (TPSA) is 101 Å². The highest BCUT2D eigenvalue weighted by Crippen LogP contribution is 2.16. The van der Waals surface area contributed by atoms with Crippen LogP contribution in [-0.2, 0) is 19.9 Å². The minimum atomic E-state index is -3.98. The Bertz CT molecular complexity index is 771. The molecule has 8 heteroatoms. The van der Waals surface area contributed by atoms with E-state index in [4.69, 9.17) is 5.11 Å². The van der Waals surface area contributed by atoms with Gasteiger partial charge < -0.3 is 5.11 Å². The monoisotopic (exact) mass is 331 g/mol. The lowest BCUT2D eigenvalue weighted by atomic mass is 10.1. The molecule has 1 aromatic rings. The van der Waals surface area contributed by atoms with Crippen LogP contribution in [0, 0.1) is 18.8 Å². The number of sulfone groups is 1. The van der Waals surface area contributed by atoms with Crippen LogP contribution in [0.3, 0.4) is 0 Å². The summed E-state index contributed by atoms with van der Waals surface area (Å²) in [7, 11) is -7.62. The van der Waals surface area contributed by atoms with Crippen molar-refractivity contribution in [2.75, 3.05) is 22.7 Å². The zero-order valence-corrected chi connectivity index (χ0v) is 13.4. The fraction of sp³-hybridized carbons (Fsp3) is 0.385. The molecule has 0 aromatic heterocycles. The molecule has 0 spiro atoms. The Labute approximate surface area is 125 Å². The third-order valence-corrected chi connectivity index (χ3v) is 5.69. The van der Waals surface area contributed by atoms with Gasteiger partial charge >= 0.3 is 0 Å². The van der Waals surface area contributed by atoms with Crippen molar-refractivity contribution < 1.29 is 21.9 Å². The molecule has 21 heavy (non-hydrogen) atoms. The summed E-state index contributed by atoms with van der Waals surface area (Å²) >= 11 is 0. The van der Waals surface area contributed by atoms with Crippen molar-refractivity contribution >= 4 is 25.5 Å². The van der Waals surface area contributed by atoms with Crippen LogP contribution in [0.25, 0.3) is 0 Å². The maximum Gasteiger partial charge on any atom is 0.247 e. The summed E-state index contributed by atoms with van der Waals surface area (Å²) in [5, 5.41) is 7.69. The molecule has 0 radical (unpaired) electrons. The minimum absolute atomic E-state index is 0.0489. The molecule has 1 rings (SSSR count). The number of anilines is 1. The van der Waals surface area contributed by atoms with Crippen LogP contribution in [-0.4, -0.2) is 39.9 Å². The first kappa shape index (κ1) is 17.5. The highest BCUT2D eigenvalue weighted by molar-refractivity contribution is 8.08. The molecule has 0 aliphatic rings. The van der Waals surface area contributed by atoms with E-state index in [0.29, 0.717) is 12.0 Å². The lowest BCUT2D eigenvalue weighted by Crippen LogP contribution is -2.22. The number of aryl methyl sites for hydroxylation is 1. The van der Waals surface area contributed by atoms with E-state index in [1.165, 1.54) is 6.07 Å². The van der Waals surface area contributed by atoms with Crippen molar-refractivity contribution in [3.8, 4) is 11.8 Å². The molecular weight excluding hydrogens is 314 g/mol. The van der Waals surface area contributed by atoms with E-state index >= 15 is 0 Å². The smallest absolute Gasteiger partial charge is 0.247 e. The molecule has 0 bridgehead atoms. The summed E-state index contributed by atoms with van der Waals surface area (Å²) in [6.45, 7) is 1.72. The van der Waals surface area contributed by atoms with Gasteiger partial charge in [-0.15, -0.1) is 0 Å². The second kappa shape index (κ2) is 6.93. The van der Waals surface area contributed by atoms with E-state index in [2.05, 4.69) is 16.6 Å². The zero-order chi connectivity index (χ0) is 16.1. The number of aliphatic hydroxyl groups is 1. The first-order valence-corrected chi connectivity index (χ1v) is 9.72. The molecule has 116 valence electrons. The van der Waals surface area contributed by atoms with Crippen LogP contribution in [0.5, 0.6) is 0 Å². The van der Waals surface area contributed by atoms with Crippen molar-refractivity contribution in [3.05, 3.63) is 29.3 Å². The molecule has 0 amide bonds. The molecule has 0 saturated carbocycles. The molecule has 2 N–H and O–H groups in total. The van der Waals surface area contributed by atoms with Crippen LogP contribution in [0.1, 0.15) is 17.5 Å². The van der Waals surface area contributed by atoms with Crippen molar-refractivity contribution in [2.45, 2.75) is 13.3 Å². The summed E-state index contributed by atoms with van der Waals surface area (Å²) < 4.78 is 47.9. The van der Waals surface area contributed by atoms with Crippen LogP contribution in [0.15, 0.2) is 18.2 Å². The van der Waals surface area contributed by atoms with Gasteiger partial charge in [-0.3, -0.25) is 4.72 Å². The largest absolute Gasteiger partial charge is 0.395 e. The van der Waals surface area contributed by atoms with Crippen LogP contribution in [0.2, 0.25) is 0 Å². The summed E-state index contributed by atoms with van der Waals surface area (Å²) in [5.41, 5.74) is 1.62. The van der Waals surface area contributed by atoms with E-state index in [9.17, 15) is 16.8 Å². The molecule has 0 atom stereocenters. The van der Waals surface area contributed by atoms with Gasteiger partial charge in [0.05, 0.1) is 6.61 Å². The molecule has 1 aromatic carbocycles. The van der Waals surface area contributed by atoms with Gasteiger partial charge in [-0.25, -0.2) is 16.8 Å². The Morgan fingerprint density at radius 2 is 1.86 bits per heavy atom. The highest BCUT2D eigenvalue weighted by Gasteiger charge is 2.18. The van der Waals surface area contributed by atoms with E-state index in [1.807, 2.05) is 0 Å². The summed E-state index contributed by atoms with van der Waals surface area (Å²) in [4.78, 5) is 0. The van der Waals surface area contributed by atoms with E-state index in [-0.39, 0.29) is 12.3 Å². The molecule has 0 unspecified atom stereocenters. The Balaban J connectivity index is 3.02. The van der Waals surface area contributed by atoms with Gasteiger partial charge in [-0.05, 0) is 30.7 Å². The third kappa shape index (κ3) is 7.13. The SMILES string of the molecule is Cc1cc(C#CCCO)cc(NS(=O)(=O)CS(C)(=O)=O)c1. The molecule has 0 fully saturated rings. The number of benzene rings is 1. The molecular formula is C13H17NO5S2. The van der Waals surface area contributed by atoms with Crippen molar-refractivity contribution in [2.24, 2.45) is 0 Å². The summed E-state index contributed by atoms with van der Waals surface area (Å²) in [5.74, 6) is 5.53. The highest BCUT2D eigenvalue weighted by atomic mass is 32.3. The van der Waals surface area contributed by atoms with E-state index < -0.39 is 24.9 Å². The number of hydrogen-bond acceptors (Lipinski definition) is 5. The predicted octanol–water partition coefficient (Wildman–Crippen LogP) is 0.473. The maximum absolute atomic E-state index is 11.7. The van der Waals surface area contributed by atoms with Gasteiger partial charge in [0.25, 0.3) is 0 Å². The minimum Gasteiger partial charge on any atom is -0.395 e. The fourth-order valence-electron chi connectivity index (χ4n) is 1.63. The van der Waals surface area contributed by atoms with Crippen LogP contribution < -0.4 is 4.72 Å². The van der Waals surface area contributed by atoms with Crippen LogP contribution >= 0.6 is 0 Å². The Morgan fingerprint density at radius 3 is 2.43 bits per heavy atom. The number of hydrogen-bond donors (Lipinski definition) is 2. The van der Waals surface area contributed by atoms with Gasteiger partial charge in [0.15, 0.2) is 14.9 Å². The molecule has 0 aliphatic heterocycles. The fourth-order valence-corrected chi connectivity index (χ4v) is 4.59. The second-order valence-electron chi connectivity index (χ2n) is 4.62.